The van der Waals surface area contributed by atoms with Gasteiger partial charge < -0.3 is 9.94 Å². The van der Waals surface area contributed by atoms with E-state index in [2.05, 4.69) is 15.9 Å². The summed E-state index contributed by atoms with van der Waals surface area (Å²) in [6.45, 7) is 0.0856. The quantitative estimate of drug-likeness (QED) is 0.851. The number of hydrogen-bond acceptors (Lipinski definition) is 3. The van der Waals surface area contributed by atoms with Crippen LogP contribution >= 0.6 is 15.9 Å². The van der Waals surface area contributed by atoms with Crippen LogP contribution in [0.3, 0.4) is 0 Å². The zero-order valence-electron chi connectivity index (χ0n) is 7.92. The van der Waals surface area contributed by atoms with Crippen LogP contribution in [0.4, 0.5) is 4.39 Å². The van der Waals surface area contributed by atoms with Gasteiger partial charge in [-0.25, -0.2) is 4.39 Å². The van der Waals surface area contributed by atoms with Crippen molar-refractivity contribution < 1.29 is 14.3 Å². The van der Waals surface area contributed by atoms with Gasteiger partial charge in [0.05, 0.1) is 13.7 Å². The summed E-state index contributed by atoms with van der Waals surface area (Å²) in [6.07, 6.45) is 0. The number of halogens is 2. The Morgan fingerprint density at radius 2 is 2.21 bits per heavy atom. The lowest BCUT2D eigenvalue weighted by Crippen LogP contribution is -2.13. The van der Waals surface area contributed by atoms with Crippen LogP contribution in [0.2, 0.25) is 0 Å². The van der Waals surface area contributed by atoms with Gasteiger partial charge in [-0.1, -0.05) is 15.9 Å². The molecule has 14 heavy (non-hydrogen) atoms. The molecule has 0 atom stereocenters. The lowest BCUT2D eigenvalue weighted by molar-refractivity contribution is -0.0742. The summed E-state index contributed by atoms with van der Waals surface area (Å²) in [4.78, 5) is 0. The van der Waals surface area contributed by atoms with Gasteiger partial charge in [-0.05, 0) is 12.1 Å². The summed E-state index contributed by atoms with van der Waals surface area (Å²) >= 11 is 3.16. The number of methoxy groups -OCH3 is 1. The van der Waals surface area contributed by atoms with Gasteiger partial charge >= 0.3 is 0 Å². The molecule has 0 fully saturated rings. The fourth-order valence-electron chi connectivity index (χ4n) is 1.14. The van der Waals surface area contributed by atoms with Crippen LogP contribution in [0.25, 0.3) is 0 Å². The zero-order chi connectivity index (χ0) is 10.7. The highest BCUT2D eigenvalue weighted by Crippen LogP contribution is 2.27. The second-order valence-electron chi connectivity index (χ2n) is 2.88. The maximum Gasteiger partial charge on any atom is 0.132 e. The molecular formula is C9H11BrFNO2. The molecule has 0 spiro atoms. The lowest BCUT2D eigenvalue weighted by Gasteiger charge is -2.13. The summed E-state index contributed by atoms with van der Waals surface area (Å²) in [7, 11) is 2.91. The third kappa shape index (κ3) is 2.67. The average Bonchev–Trinajstić information content (AvgIpc) is 2.08. The van der Waals surface area contributed by atoms with Crippen LogP contribution in [0.15, 0.2) is 16.6 Å². The van der Waals surface area contributed by atoms with Crippen molar-refractivity contribution in [2.24, 2.45) is 0 Å². The molecule has 1 N–H and O–H groups in total. The second-order valence-corrected chi connectivity index (χ2v) is 3.80. The van der Waals surface area contributed by atoms with Crippen molar-refractivity contribution in [2.75, 3.05) is 14.2 Å². The van der Waals surface area contributed by atoms with E-state index in [1.54, 1.807) is 6.07 Å². The number of ether oxygens (including phenoxy) is 1. The van der Waals surface area contributed by atoms with E-state index in [9.17, 15) is 4.39 Å². The van der Waals surface area contributed by atoms with Gasteiger partial charge in [0.15, 0.2) is 0 Å². The smallest absolute Gasteiger partial charge is 0.132 e. The van der Waals surface area contributed by atoms with Gasteiger partial charge in [0.1, 0.15) is 11.6 Å². The molecule has 1 aromatic carbocycles. The minimum atomic E-state index is -0.405. The number of nitrogens with zero attached hydrogens (tertiary/aromatic N) is 1. The number of hydrogen-bond donors (Lipinski definition) is 1. The largest absolute Gasteiger partial charge is 0.496 e. The van der Waals surface area contributed by atoms with Crippen molar-refractivity contribution in [1.82, 2.24) is 5.06 Å². The highest BCUT2D eigenvalue weighted by molar-refractivity contribution is 9.10. The molecule has 3 nitrogen and oxygen atoms in total. The molecule has 1 rings (SSSR count). The van der Waals surface area contributed by atoms with Crippen LogP contribution in [0.1, 0.15) is 5.56 Å². The molecule has 0 aromatic heterocycles. The van der Waals surface area contributed by atoms with Crippen molar-refractivity contribution in [2.45, 2.75) is 6.54 Å². The Labute approximate surface area is 90.2 Å². The Morgan fingerprint density at radius 1 is 1.57 bits per heavy atom. The van der Waals surface area contributed by atoms with Crippen molar-refractivity contribution in [3.05, 3.63) is 28.0 Å². The van der Waals surface area contributed by atoms with Crippen molar-refractivity contribution in [1.29, 1.82) is 0 Å². The predicted molar refractivity (Wildman–Crippen MR) is 53.9 cm³/mol. The highest BCUT2D eigenvalue weighted by atomic mass is 79.9. The van der Waals surface area contributed by atoms with Crippen LogP contribution < -0.4 is 4.74 Å². The highest BCUT2D eigenvalue weighted by Gasteiger charge is 2.12. The van der Waals surface area contributed by atoms with E-state index in [1.165, 1.54) is 20.2 Å². The molecule has 5 heteroatoms. The van der Waals surface area contributed by atoms with E-state index < -0.39 is 5.82 Å². The van der Waals surface area contributed by atoms with Gasteiger partial charge in [-0.15, -0.1) is 0 Å². The Hall–Kier alpha value is -0.650. The molecule has 0 amide bonds. The van der Waals surface area contributed by atoms with Crippen LogP contribution in [-0.4, -0.2) is 24.4 Å². The first-order chi connectivity index (χ1) is 6.54. The van der Waals surface area contributed by atoms with E-state index >= 15 is 0 Å². The summed E-state index contributed by atoms with van der Waals surface area (Å²) in [5.41, 5.74) is 0.334. The second kappa shape index (κ2) is 4.72. The Balaban J connectivity index is 3.11. The SMILES string of the molecule is COc1cc(Br)cc(F)c1CN(C)O. The summed E-state index contributed by atoms with van der Waals surface area (Å²) in [5.74, 6) is 0.00917. The maximum atomic E-state index is 13.4. The third-order valence-electron chi connectivity index (χ3n) is 1.73. The normalized spacial score (nSPS) is 10.7. The fraction of sp³-hybridized carbons (Fsp3) is 0.333. The standard InChI is InChI=1S/C9H11BrFNO2/c1-12(13)5-7-8(11)3-6(10)4-9(7)14-2/h3-4,13H,5H2,1-2H3. The molecule has 0 aliphatic carbocycles. The van der Waals surface area contributed by atoms with E-state index in [0.717, 1.165) is 5.06 Å². The molecule has 0 radical (unpaired) electrons. The first-order valence-electron chi connectivity index (χ1n) is 3.96. The molecule has 1 aromatic rings. The van der Waals surface area contributed by atoms with Gasteiger partial charge in [-0.2, -0.15) is 5.06 Å². The van der Waals surface area contributed by atoms with Crippen LogP contribution in [0.5, 0.6) is 5.75 Å². The van der Waals surface area contributed by atoms with Crippen LogP contribution in [-0.2, 0) is 6.54 Å². The predicted octanol–water partition coefficient (Wildman–Crippen LogP) is 2.42. The van der Waals surface area contributed by atoms with Gasteiger partial charge in [0.25, 0.3) is 0 Å². The lowest BCUT2D eigenvalue weighted by atomic mass is 10.2. The number of hydroxylamine groups is 2. The monoisotopic (exact) mass is 263 g/mol. The van der Waals surface area contributed by atoms with E-state index in [1.807, 2.05) is 0 Å². The van der Waals surface area contributed by atoms with E-state index in [-0.39, 0.29) is 6.54 Å². The van der Waals surface area contributed by atoms with Gasteiger partial charge in [0.2, 0.25) is 0 Å². The van der Waals surface area contributed by atoms with E-state index in [0.29, 0.717) is 15.8 Å². The molecule has 0 saturated carbocycles. The molecule has 0 unspecified atom stereocenters. The fourth-order valence-corrected chi connectivity index (χ4v) is 1.55. The summed E-state index contributed by atoms with van der Waals surface area (Å²) in [5, 5.41) is 9.92. The first-order valence-corrected chi connectivity index (χ1v) is 4.76. The Bertz CT molecular complexity index is 331. The minimum Gasteiger partial charge on any atom is -0.496 e. The maximum absolute atomic E-state index is 13.4. The number of rotatable bonds is 3. The topological polar surface area (TPSA) is 32.7 Å². The van der Waals surface area contributed by atoms with E-state index in [4.69, 9.17) is 9.94 Å². The molecule has 0 aliphatic rings. The van der Waals surface area contributed by atoms with Crippen molar-refractivity contribution in [3.8, 4) is 5.75 Å². The first kappa shape index (κ1) is 11.4. The zero-order valence-corrected chi connectivity index (χ0v) is 9.51. The average molecular weight is 264 g/mol. The van der Waals surface area contributed by atoms with Crippen molar-refractivity contribution in [3.63, 3.8) is 0 Å². The number of benzene rings is 1. The Kier molecular flexibility index (Phi) is 3.86. The molecule has 78 valence electrons. The Morgan fingerprint density at radius 3 is 2.71 bits per heavy atom. The molecular weight excluding hydrogens is 253 g/mol. The molecule has 0 bridgehead atoms. The minimum absolute atomic E-state index is 0.0856. The molecule has 0 heterocycles. The van der Waals surface area contributed by atoms with Crippen molar-refractivity contribution >= 4 is 15.9 Å². The van der Waals surface area contributed by atoms with Gasteiger partial charge in [0, 0.05) is 17.1 Å². The third-order valence-corrected chi connectivity index (χ3v) is 2.18. The molecule has 0 aliphatic heterocycles. The summed E-state index contributed by atoms with van der Waals surface area (Å²) in [6, 6.07) is 2.99. The van der Waals surface area contributed by atoms with Gasteiger partial charge in [-0.3, -0.25) is 0 Å². The molecule has 0 saturated heterocycles. The van der Waals surface area contributed by atoms with Crippen LogP contribution in [0, 0.1) is 5.82 Å². The summed E-state index contributed by atoms with van der Waals surface area (Å²) < 4.78 is 19.0.